The summed E-state index contributed by atoms with van der Waals surface area (Å²) in [6.45, 7) is 2.88. The van der Waals surface area contributed by atoms with E-state index >= 15 is 0 Å². The second-order valence-corrected chi connectivity index (χ2v) is 6.32. The molecule has 1 fully saturated rings. The number of hydrogen-bond donors (Lipinski definition) is 0. The monoisotopic (exact) mass is 256 g/mol. The van der Waals surface area contributed by atoms with Crippen LogP contribution in [0, 0.1) is 12.8 Å². The van der Waals surface area contributed by atoms with E-state index in [-0.39, 0.29) is 11.7 Å². The SMILES string of the molecule is COc1ccc(S(=O)(=O)CC2COC2)c(C)c1. The van der Waals surface area contributed by atoms with Gasteiger partial charge in [-0.15, -0.1) is 0 Å². The average molecular weight is 256 g/mol. The van der Waals surface area contributed by atoms with Gasteiger partial charge < -0.3 is 9.47 Å². The van der Waals surface area contributed by atoms with Crippen molar-refractivity contribution < 1.29 is 17.9 Å². The zero-order valence-electron chi connectivity index (χ0n) is 9.97. The molecule has 4 nitrogen and oxygen atoms in total. The maximum absolute atomic E-state index is 12.2. The first kappa shape index (κ1) is 12.4. The Morgan fingerprint density at radius 3 is 2.59 bits per heavy atom. The third-order valence-electron chi connectivity index (χ3n) is 2.88. The molecule has 1 aliphatic rings. The quantitative estimate of drug-likeness (QED) is 0.817. The molecule has 0 radical (unpaired) electrons. The summed E-state index contributed by atoms with van der Waals surface area (Å²) in [6.07, 6.45) is 0. The standard InChI is InChI=1S/C12H16O4S/c1-9-5-11(15-2)3-4-12(9)17(13,14)8-10-6-16-7-10/h3-5,10H,6-8H2,1-2H3. The lowest BCUT2D eigenvalue weighted by Crippen LogP contribution is -2.34. The fourth-order valence-corrected chi connectivity index (χ4v) is 3.70. The van der Waals surface area contributed by atoms with Crippen molar-refractivity contribution in [1.29, 1.82) is 0 Å². The molecule has 1 saturated heterocycles. The van der Waals surface area contributed by atoms with Gasteiger partial charge in [0.25, 0.3) is 0 Å². The number of hydrogen-bond acceptors (Lipinski definition) is 4. The van der Waals surface area contributed by atoms with Crippen LogP contribution in [0.2, 0.25) is 0 Å². The normalized spacial score (nSPS) is 16.6. The molecule has 5 heteroatoms. The lowest BCUT2D eigenvalue weighted by molar-refractivity contribution is -0.0204. The minimum absolute atomic E-state index is 0.140. The summed E-state index contributed by atoms with van der Waals surface area (Å²) < 4.78 is 34.4. The molecule has 0 aliphatic carbocycles. The smallest absolute Gasteiger partial charge is 0.179 e. The summed E-state index contributed by atoms with van der Waals surface area (Å²) in [7, 11) is -1.65. The van der Waals surface area contributed by atoms with Crippen molar-refractivity contribution in [3.05, 3.63) is 23.8 Å². The lowest BCUT2D eigenvalue weighted by Gasteiger charge is -2.25. The highest BCUT2D eigenvalue weighted by Gasteiger charge is 2.27. The van der Waals surface area contributed by atoms with Crippen LogP contribution in [0.4, 0.5) is 0 Å². The van der Waals surface area contributed by atoms with E-state index in [1.54, 1.807) is 32.2 Å². The fraction of sp³-hybridized carbons (Fsp3) is 0.500. The van der Waals surface area contributed by atoms with E-state index in [4.69, 9.17) is 9.47 Å². The van der Waals surface area contributed by atoms with Gasteiger partial charge in [0.1, 0.15) is 5.75 Å². The Balaban J connectivity index is 2.25. The van der Waals surface area contributed by atoms with Gasteiger partial charge in [-0.2, -0.15) is 0 Å². The Morgan fingerprint density at radius 1 is 1.41 bits per heavy atom. The number of methoxy groups -OCH3 is 1. The van der Waals surface area contributed by atoms with E-state index < -0.39 is 9.84 Å². The Morgan fingerprint density at radius 2 is 2.12 bits per heavy atom. The van der Waals surface area contributed by atoms with Crippen LogP contribution in [-0.2, 0) is 14.6 Å². The summed E-state index contributed by atoms with van der Waals surface area (Å²) in [6, 6.07) is 5.03. The summed E-state index contributed by atoms with van der Waals surface area (Å²) in [4.78, 5) is 0.394. The minimum Gasteiger partial charge on any atom is -0.497 e. The van der Waals surface area contributed by atoms with E-state index in [1.165, 1.54) is 0 Å². The molecule has 1 aliphatic heterocycles. The number of ether oxygens (including phenoxy) is 2. The Bertz CT molecular complexity index is 503. The van der Waals surface area contributed by atoms with Crippen molar-refractivity contribution in [2.75, 3.05) is 26.1 Å². The fourth-order valence-electron chi connectivity index (χ4n) is 1.88. The molecule has 94 valence electrons. The molecule has 1 aromatic carbocycles. The van der Waals surface area contributed by atoms with E-state index in [0.717, 1.165) is 5.56 Å². The first-order valence-corrected chi connectivity index (χ1v) is 7.13. The first-order chi connectivity index (χ1) is 8.03. The Hall–Kier alpha value is -1.07. The van der Waals surface area contributed by atoms with E-state index in [1.807, 2.05) is 0 Å². The molecule has 0 N–H and O–H groups in total. The number of aryl methyl sites for hydroxylation is 1. The van der Waals surface area contributed by atoms with Crippen LogP contribution in [0.3, 0.4) is 0 Å². The zero-order chi connectivity index (χ0) is 12.5. The second-order valence-electron chi connectivity index (χ2n) is 4.32. The van der Waals surface area contributed by atoms with Gasteiger partial charge in [-0.25, -0.2) is 8.42 Å². The van der Waals surface area contributed by atoms with Gasteiger partial charge >= 0.3 is 0 Å². The molecular formula is C12H16O4S. The van der Waals surface area contributed by atoms with Gasteiger partial charge in [0, 0.05) is 5.92 Å². The van der Waals surface area contributed by atoms with Crippen molar-refractivity contribution >= 4 is 9.84 Å². The molecule has 2 rings (SSSR count). The molecule has 0 amide bonds. The van der Waals surface area contributed by atoms with Crippen LogP contribution >= 0.6 is 0 Å². The average Bonchev–Trinajstić information content (AvgIpc) is 2.23. The summed E-state index contributed by atoms with van der Waals surface area (Å²) in [5.74, 6) is 0.982. The molecule has 0 unspecified atom stereocenters. The number of benzene rings is 1. The van der Waals surface area contributed by atoms with Crippen molar-refractivity contribution in [2.45, 2.75) is 11.8 Å². The third-order valence-corrected chi connectivity index (χ3v) is 4.92. The predicted octanol–water partition coefficient (Wildman–Crippen LogP) is 1.42. The van der Waals surface area contributed by atoms with E-state index in [0.29, 0.717) is 23.9 Å². The largest absolute Gasteiger partial charge is 0.497 e. The molecule has 0 saturated carbocycles. The van der Waals surface area contributed by atoms with Crippen LogP contribution in [0.1, 0.15) is 5.56 Å². The summed E-state index contributed by atoms with van der Waals surface area (Å²) in [5, 5.41) is 0. The number of sulfone groups is 1. The van der Waals surface area contributed by atoms with Gasteiger partial charge in [-0.3, -0.25) is 0 Å². The molecule has 1 heterocycles. The van der Waals surface area contributed by atoms with Crippen LogP contribution in [-0.4, -0.2) is 34.5 Å². The highest BCUT2D eigenvalue weighted by molar-refractivity contribution is 7.91. The summed E-state index contributed by atoms with van der Waals surface area (Å²) >= 11 is 0. The highest BCUT2D eigenvalue weighted by atomic mass is 32.2. The van der Waals surface area contributed by atoms with Gasteiger partial charge in [-0.05, 0) is 30.7 Å². The second kappa shape index (κ2) is 4.66. The molecule has 0 spiro atoms. The number of rotatable bonds is 4. The first-order valence-electron chi connectivity index (χ1n) is 5.48. The molecule has 0 aromatic heterocycles. The Kier molecular flexibility index (Phi) is 3.40. The molecule has 1 aromatic rings. The maximum Gasteiger partial charge on any atom is 0.179 e. The molecule has 0 bridgehead atoms. The lowest BCUT2D eigenvalue weighted by atomic mass is 10.1. The van der Waals surface area contributed by atoms with Crippen molar-refractivity contribution in [2.24, 2.45) is 5.92 Å². The van der Waals surface area contributed by atoms with E-state index in [9.17, 15) is 8.42 Å². The molecule has 17 heavy (non-hydrogen) atoms. The molecule has 0 atom stereocenters. The van der Waals surface area contributed by atoms with E-state index in [2.05, 4.69) is 0 Å². The van der Waals surface area contributed by atoms with Gasteiger partial charge in [0.05, 0.1) is 31.0 Å². The van der Waals surface area contributed by atoms with Gasteiger partial charge in [0.2, 0.25) is 0 Å². The predicted molar refractivity (Wildman–Crippen MR) is 64.1 cm³/mol. The van der Waals surface area contributed by atoms with Crippen LogP contribution < -0.4 is 4.74 Å². The highest BCUT2D eigenvalue weighted by Crippen LogP contribution is 2.24. The van der Waals surface area contributed by atoms with Crippen LogP contribution in [0.15, 0.2) is 23.1 Å². The summed E-state index contributed by atoms with van der Waals surface area (Å²) in [5.41, 5.74) is 0.726. The minimum atomic E-state index is -3.21. The van der Waals surface area contributed by atoms with Crippen molar-refractivity contribution in [3.8, 4) is 5.75 Å². The zero-order valence-corrected chi connectivity index (χ0v) is 10.8. The molecular weight excluding hydrogens is 240 g/mol. The topological polar surface area (TPSA) is 52.6 Å². The Labute approximate surface area is 101 Å². The maximum atomic E-state index is 12.2. The van der Waals surface area contributed by atoms with Crippen molar-refractivity contribution in [3.63, 3.8) is 0 Å². The van der Waals surface area contributed by atoms with Crippen LogP contribution in [0.25, 0.3) is 0 Å². The third kappa shape index (κ3) is 2.61. The van der Waals surface area contributed by atoms with Crippen molar-refractivity contribution in [1.82, 2.24) is 0 Å². The van der Waals surface area contributed by atoms with Gasteiger partial charge in [0.15, 0.2) is 9.84 Å². The van der Waals surface area contributed by atoms with Crippen LogP contribution in [0.5, 0.6) is 5.75 Å². The van der Waals surface area contributed by atoms with Gasteiger partial charge in [-0.1, -0.05) is 0 Å².